The summed E-state index contributed by atoms with van der Waals surface area (Å²) in [6.07, 6.45) is 0. The van der Waals surface area contributed by atoms with E-state index in [9.17, 15) is 14.5 Å². The van der Waals surface area contributed by atoms with Gasteiger partial charge in [-0.25, -0.2) is 4.39 Å². The zero-order chi connectivity index (χ0) is 15.3. The van der Waals surface area contributed by atoms with Gasteiger partial charge in [0.25, 0.3) is 5.69 Å². The van der Waals surface area contributed by atoms with E-state index in [0.29, 0.717) is 13.2 Å². The van der Waals surface area contributed by atoms with E-state index < -0.39 is 10.7 Å². The van der Waals surface area contributed by atoms with Gasteiger partial charge in [0.15, 0.2) is 0 Å². The number of nitrogens with one attached hydrogen (secondary N) is 1. The Labute approximate surface area is 125 Å². The summed E-state index contributed by atoms with van der Waals surface area (Å²) in [5.41, 5.74) is -0.00507. The maximum atomic E-state index is 13.4. The molecule has 1 unspecified atom stereocenters. The van der Waals surface area contributed by atoms with E-state index in [-0.39, 0.29) is 27.8 Å². The first-order chi connectivity index (χ1) is 9.36. The number of halogens is 2. The average Bonchev–Trinajstić information content (AvgIpc) is 2.37. The van der Waals surface area contributed by atoms with Crippen LogP contribution in [-0.2, 0) is 4.74 Å². The van der Waals surface area contributed by atoms with Crippen LogP contribution in [0.15, 0.2) is 16.6 Å². The lowest BCUT2D eigenvalue weighted by molar-refractivity contribution is -0.384. The molecule has 1 aromatic rings. The van der Waals surface area contributed by atoms with Gasteiger partial charge in [0.2, 0.25) is 0 Å². The molecule has 112 valence electrons. The Balaban J connectivity index is 3.04. The summed E-state index contributed by atoms with van der Waals surface area (Å²) in [5, 5.41) is 14.1. The predicted molar refractivity (Wildman–Crippen MR) is 79.5 cm³/mol. The molecule has 0 bridgehead atoms. The van der Waals surface area contributed by atoms with E-state index in [1.807, 2.05) is 20.8 Å². The molecule has 1 rings (SSSR count). The van der Waals surface area contributed by atoms with E-state index in [2.05, 4.69) is 21.2 Å². The third kappa shape index (κ3) is 4.42. The summed E-state index contributed by atoms with van der Waals surface area (Å²) in [6.45, 7) is 6.86. The van der Waals surface area contributed by atoms with Crippen molar-refractivity contribution >= 4 is 27.3 Å². The topological polar surface area (TPSA) is 64.4 Å². The van der Waals surface area contributed by atoms with Gasteiger partial charge in [0.1, 0.15) is 11.5 Å². The third-order valence-electron chi connectivity index (χ3n) is 2.88. The Morgan fingerprint density at radius 2 is 2.15 bits per heavy atom. The second kappa shape index (κ2) is 7.54. The van der Waals surface area contributed by atoms with Crippen molar-refractivity contribution in [3.8, 4) is 0 Å². The number of anilines is 1. The Morgan fingerprint density at radius 1 is 1.50 bits per heavy atom. The van der Waals surface area contributed by atoms with E-state index in [1.165, 1.54) is 6.07 Å². The van der Waals surface area contributed by atoms with Crippen LogP contribution in [0.4, 0.5) is 15.8 Å². The molecule has 0 spiro atoms. The summed E-state index contributed by atoms with van der Waals surface area (Å²) < 4.78 is 19.0. The van der Waals surface area contributed by atoms with Crippen LogP contribution < -0.4 is 5.32 Å². The second-order valence-corrected chi connectivity index (χ2v) is 5.55. The average molecular weight is 349 g/mol. The van der Waals surface area contributed by atoms with Gasteiger partial charge in [-0.2, -0.15) is 0 Å². The monoisotopic (exact) mass is 348 g/mol. The van der Waals surface area contributed by atoms with Crippen molar-refractivity contribution in [3.63, 3.8) is 0 Å². The Bertz CT molecular complexity index is 483. The van der Waals surface area contributed by atoms with Crippen molar-refractivity contribution in [1.82, 2.24) is 0 Å². The van der Waals surface area contributed by atoms with Crippen LogP contribution in [-0.4, -0.2) is 24.2 Å². The summed E-state index contributed by atoms with van der Waals surface area (Å²) >= 11 is 3.04. The van der Waals surface area contributed by atoms with Crippen LogP contribution in [0.1, 0.15) is 20.8 Å². The van der Waals surface area contributed by atoms with Gasteiger partial charge in [-0.05, 0) is 34.8 Å². The van der Waals surface area contributed by atoms with Crippen LogP contribution in [0.3, 0.4) is 0 Å². The number of hydrogen-bond acceptors (Lipinski definition) is 4. The van der Waals surface area contributed by atoms with Crippen molar-refractivity contribution in [1.29, 1.82) is 0 Å². The van der Waals surface area contributed by atoms with Crippen molar-refractivity contribution < 1.29 is 14.1 Å². The molecule has 0 saturated carbocycles. The highest BCUT2D eigenvalue weighted by atomic mass is 79.9. The molecule has 0 aliphatic carbocycles. The molecule has 0 heterocycles. The Kier molecular flexibility index (Phi) is 6.35. The minimum Gasteiger partial charge on any atom is -0.380 e. The summed E-state index contributed by atoms with van der Waals surface area (Å²) in [4.78, 5) is 10.4. The number of benzene rings is 1. The molecule has 1 N–H and O–H groups in total. The molecule has 5 nitrogen and oxygen atoms in total. The van der Waals surface area contributed by atoms with Crippen molar-refractivity contribution in [2.75, 3.05) is 18.5 Å². The number of nitro groups is 1. The van der Waals surface area contributed by atoms with Gasteiger partial charge in [-0.15, -0.1) is 0 Å². The zero-order valence-corrected chi connectivity index (χ0v) is 13.2. The lowest BCUT2D eigenvalue weighted by Gasteiger charge is -2.23. The minimum absolute atomic E-state index is 0.0917. The molecular weight excluding hydrogens is 331 g/mol. The quantitative estimate of drug-likeness (QED) is 0.598. The van der Waals surface area contributed by atoms with Crippen molar-refractivity contribution in [3.05, 3.63) is 32.5 Å². The highest BCUT2D eigenvalue weighted by molar-refractivity contribution is 9.10. The first kappa shape index (κ1) is 16.8. The van der Waals surface area contributed by atoms with Gasteiger partial charge in [0.05, 0.1) is 28.1 Å². The molecule has 0 aromatic heterocycles. The van der Waals surface area contributed by atoms with Crippen LogP contribution >= 0.6 is 15.9 Å². The summed E-state index contributed by atoms with van der Waals surface area (Å²) in [6, 6.07) is 2.20. The third-order valence-corrected chi connectivity index (χ3v) is 3.49. The van der Waals surface area contributed by atoms with E-state index in [4.69, 9.17) is 4.74 Å². The molecule has 1 atom stereocenters. The highest BCUT2D eigenvalue weighted by Gasteiger charge is 2.22. The van der Waals surface area contributed by atoms with Gasteiger partial charge in [-0.3, -0.25) is 10.1 Å². The van der Waals surface area contributed by atoms with Gasteiger partial charge < -0.3 is 10.1 Å². The van der Waals surface area contributed by atoms with Crippen molar-refractivity contribution in [2.24, 2.45) is 5.92 Å². The molecule has 20 heavy (non-hydrogen) atoms. The fraction of sp³-hybridized carbons (Fsp3) is 0.538. The number of rotatable bonds is 7. The second-order valence-electron chi connectivity index (χ2n) is 4.69. The van der Waals surface area contributed by atoms with Gasteiger partial charge in [-0.1, -0.05) is 13.8 Å². The molecule has 0 saturated heterocycles. The van der Waals surface area contributed by atoms with Crippen LogP contribution in [0.5, 0.6) is 0 Å². The van der Waals surface area contributed by atoms with E-state index in [1.54, 1.807) is 0 Å². The van der Waals surface area contributed by atoms with Gasteiger partial charge >= 0.3 is 0 Å². The smallest absolute Gasteiger partial charge is 0.295 e. The fourth-order valence-electron chi connectivity index (χ4n) is 1.65. The normalized spacial score (nSPS) is 12.5. The molecule has 0 fully saturated rings. The zero-order valence-electron chi connectivity index (χ0n) is 11.7. The fourth-order valence-corrected chi connectivity index (χ4v) is 1.99. The number of ether oxygens (including phenoxy) is 1. The van der Waals surface area contributed by atoms with Crippen LogP contribution in [0.25, 0.3) is 0 Å². The molecule has 7 heteroatoms. The SMILES string of the molecule is CCOCC(Nc1cc(Br)c(F)cc1[N+](=O)[O-])C(C)C. The minimum atomic E-state index is -0.659. The van der Waals surface area contributed by atoms with E-state index >= 15 is 0 Å². The molecular formula is C13H18BrFN2O3. The summed E-state index contributed by atoms with van der Waals surface area (Å²) in [5.74, 6) is -0.446. The lowest BCUT2D eigenvalue weighted by Crippen LogP contribution is -2.31. The maximum Gasteiger partial charge on any atom is 0.295 e. The van der Waals surface area contributed by atoms with Crippen molar-refractivity contribution in [2.45, 2.75) is 26.8 Å². The largest absolute Gasteiger partial charge is 0.380 e. The predicted octanol–water partition coefficient (Wildman–Crippen LogP) is 3.97. The Morgan fingerprint density at radius 3 is 2.65 bits per heavy atom. The number of nitrogens with zero attached hydrogens (tertiary/aromatic N) is 1. The molecule has 1 aromatic carbocycles. The molecule has 0 aliphatic rings. The van der Waals surface area contributed by atoms with Crippen LogP contribution in [0.2, 0.25) is 0 Å². The lowest BCUT2D eigenvalue weighted by atomic mass is 10.0. The number of hydrogen-bond donors (Lipinski definition) is 1. The molecule has 0 radical (unpaired) electrons. The van der Waals surface area contributed by atoms with Gasteiger partial charge in [0, 0.05) is 6.61 Å². The first-order valence-corrected chi connectivity index (χ1v) is 7.13. The van der Waals surface area contributed by atoms with Crippen LogP contribution in [0, 0.1) is 21.8 Å². The van der Waals surface area contributed by atoms with E-state index in [0.717, 1.165) is 6.07 Å². The Hall–Kier alpha value is -1.21. The highest BCUT2D eigenvalue weighted by Crippen LogP contribution is 2.31. The standard InChI is InChI=1S/C13H18BrFN2O3/c1-4-20-7-12(8(2)3)16-11-5-9(14)10(15)6-13(11)17(18)19/h5-6,8,12,16H,4,7H2,1-3H3. The number of nitro benzene ring substituents is 1. The maximum absolute atomic E-state index is 13.4. The molecule has 0 aliphatic heterocycles. The molecule has 0 amide bonds. The first-order valence-electron chi connectivity index (χ1n) is 6.34. The summed E-state index contributed by atoms with van der Waals surface area (Å²) in [7, 11) is 0.